The largest absolute Gasteiger partial charge is 0.508 e. The average Bonchev–Trinajstić information content (AvgIpc) is 3.01. The van der Waals surface area contributed by atoms with Crippen LogP contribution in [0.15, 0.2) is 103 Å². The third-order valence-electron chi connectivity index (χ3n) is 5.47. The Kier molecular flexibility index (Phi) is 3.23. The van der Waals surface area contributed by atoms with Gasteiger partial charge in [0.25, 0.3) is 0 Å². The summed E-state index contributed by atoms with van der Waals surface area (Å²) in [6.45, 7) is 0. The molecule has 26 heavy (non-hydrogen) atoms. The van der Waals surface area contributed by atoms with E-state index in [1.807, 2.05) is 24.3 Å². The summed E-state index contributed by atoms with van der Waals surface area (Å²) in [6.07, 6.45) is 0. The van der Waals surface area contributed by atoms with E-state index in [-0.39, 0.29) is 0 Å². The maximum atomic E-state index is 10.8. The minimum atomic E-state index is -0.514. The molecule has 4 aromatic rings. The lowest BCUT2D eigenvalue weighted by Gasteiger charge is -2.34. The third kappa shape index (κ3) is 1.86. The SMILES string of the molecule is Oc1ccccc1C1(c2ccccc2)c2ccccc2-c2ccccc21. The lowest BCUT2D eigenvalue weighted by molar-refractivity contribution is 0.461. The fourth-order valence-electron chi connectivity index (χ4n) is 4.47. The normalized spacial score (nSPS) is 13.8. The predicted molar refractivity (Wildman–Crippen MR) is 105 cm³/mol. The van der Waals surface area contributed by atoms with Crippen LogP contribution in [-0.2, 0) is 5.41 Å². The van der Waals surface area contributed by atoms with Crippen LogP contribution >= 0.6 is 0 Å². The molecule has 0 heterocycles. The number of hydrogen-bond acceptors (Lipinski definition) is 1. The van der Waals surface area contributed by atoms with Crippen molar-refractivity contribution in [3.63, 3.8) is 0 Å². The van der Waals surface area contributed by atoms with Crippen LogP contribution < -0.4 is 0 Å². The van der Waals surface area contributed by atoms with Gasteiger partial charge in [-0.2, -0.15) is 0 Å². The molecule has 4 aromatic carbocycles. The average molecular weight is 334 g/mol. The van der Waals surface area contributed by atoms with Crippen molar-refractivity contribution in [1.29, 1.82) is 0 Å². The van der Waals surface area contributed by atoms with Crippen LogP contribution in [0.1, 0.15) is 22.3 Å². The van der Waals surface area contributed by atoms with Crippen LogP contribution in [0.3, 0.4) is 0 Å². The van der Waals surface area contributed by atoms with Crippen LogP contribution in [0.2, 0.25) is 0 Å². The molecule has 0 saturated carbocycles. The van der Waals surface area contributed by atoms with Gasteiger partial charge in [-0.05, 0) is 33.9 Å². The molecule has 0 spiro atoms. The van der Waals surface area contributed by atoms with Crippen molar-refractivity contribution in [2.75, 3.05) is 0 Å². The zero-order valence-corrected chi connectivity index (χ0v) is 14.3. The second kappa shape index (κ2) is 5.60. The van der Waals surface area contributed by atoms with Crippen LogP contribution in [0.5, 0.6) is 5.75 Å². The lowest BCUT2D eigenvalue weighted by Crippen LogP contribution is -2.28. The highest BCUT2D eigenvalue weighted by Crippen LogP contribution is 2.57. The number of hydrogen-bond donors (Lipinski definition) is 1. The Morgan fingerprint density at radius 3 is 1.50 bits per heavy atom. The summed E-state index contributed by atoms with van der Waals surface area (Å²) in [5, 5.41) is 10.8. The second-order valence-electron chi connectivity index (χ2n) is 6.72. The summed E-state index contributed by atoms with van der Waals surface area (Å²) in [7, 11) is 0. The molecule has 0 aliphatic heterocycles. The van der Waals surface area contributed by atoms with Crippen molar-refractivity contribution in [3.8, 4) is 16.9 Å². The molecule has 0 atom stereocenters. The molecule has 0 radical (unpaired) electrons. The van der Waals surface area contributed by atoms with E-state index in [0.29, 0.717) is 5.75 Å². The highest BCUT2D eigenvalue weighted by atomic mass is 16.3. The smallest absolute Gasteiger partial charge is 0.120 e. The minimum absolute atomic E-state index is 0.322. The van der Waals surface area contributed by atoms with Gasteiger partial charge in [0.2, 0.25) is 0 Å². The maximum absolute atomic E-state index is 10.8. The molecular weight excluding hydrogens is 316 g/mol. The van der Waals surface area contributed by atoms with Gasteiger partial charge in [-0.1, -0.05) is 97.1 Å². The standard InChI is InChI=1S/C25H18O/c26-24-17-9-8-16-23(24)25(18-10-2-1-3-11-18)21-14-6-4-12-19(21)20-13-5-7-15-22(20)25/h1-17,26H. The van der Waals surface area contributed by atoms with Crippen LogP contribution in [0, 0.1) is 0 Å². The number of fused-ring (bicyclic) bond motifs is 3. The molecule has 0 aromatic heterocycles. The van der Waals surface area contributed by atoms with Gasteiger partial charge in [0.05, 0.1) is 5.41 Å². The van der Waals surface area contributed by atoms with Gasteiger partial charge in [0.15, 0.2) is 0 Å². The van der Waals surface area contributed by atoms with Gasteiger partial charge in [-0.15, -0.1) is 0 Å². The summed E-state index contributed by atoms with van der Waals surface area (Å²) in [5.74, 6) is 0.322. The summed E-state index contributed by atoms with van der Waals surface area (Å²) < 4.78 is 0. The zero-order chi connectivity index (χ0) is 17.6. The first kappa shape index (κ1) is 15.0. The molecule has 1 aliphatic carbocycles. The monoisotopic (exact) mass is 334 g/mol. The van der Waals surface area contributed by atoms with Crippen LogP contribution in [0.4, 0.5) is 0 Å². The van der Waals surface area contributed by atoms with Gasteiger partial charge in [-0.3, -0.25) is 0 Å². The van der Waals surface area contributed by atoms with E-state index in [2.05, 4.69) is 72.8 Å². The van der Waals surface area contributed by atoms with Gasteiger partial charge >= 0.3 is 0 Å². The Morgan fingerprint density at radius 1 is 0.462 bits per heavy atom. The van der Waals surface area contributed by atoms with Crippen LogP contribution in [0.25, 0.3) is 11.1 Å². The molecule has 5 rings (SSSR count). The van der Waals surface area contributed by atoms with Crippen molar-refractivity contribution >= 4 is 0 Å². The first-order valence-corrected chi connectivity index (χ1v) is 8.87. The number of phenolic OH excluding ortho intramolecular Hbond substituents is 1. The molecule has 1 N–H and O–H groups in total. The van der Waals surface area contributed by atoms with Crippen molar-refractivity contribution in [2.45, 2.75) is 5.41 Å². The van der Waals surface area contributed by atoms with E-state index in [1.54, 1.807) is 6.07 Å². The first-order valence-electron chi connectivity index (χ1n) is 8.87. The topological polar surface area (TPSA) is 20.2 Å². The number of aromatic hydroxyl groups is 1. The second-order valence-corrected chi connectivity index (χ2v) is 6.72. The Bertz CT molecular complexity index is 1050. The van der Waals surface area contributed by atoms with Crippen molar-refractivity contribution in [2.24, 2.45) is 0 Å². The lowest BCUT2D eigenvalue weighted by atomic mass is 9.67. The molecule has 0 unspecified atom stereocenters. The molecular formula is C25H18O. The molecule has 0 amide bonds. The zero-order valence-electron chi connectivity index (χ0n) is 14.3. The van der Waals surface area contributed by atoms with Crippen molar-refractivity contribution < 1.29 is 5.11 Å². The Balaban J connectivity index is 2.00. The molecule has 1 aliphatic rings. The van der Waals surface area contributed by atoms with Crippen molar-refractivity contribution in [1.82, 2.24) is 0 Å². The fourth-order valence-corrected chi connectivity index (χ4v) is 4.47. The van der Waals surface area contributed by atoms with Gasteiger partial charge in [0, 0.05) is 5.56 Å². The van der Waals surface area contributed by atoms with Gasteiger partial charge < -0.3 is 5.11 Å². The van der Waals surface area contributed by atoms with E-state index < -0.39 is 5.41 Å². The molecule has 0 bridgehead atoms. The molecule has 0 saturated heterocycles. The number of phenols is 1. The van der Waals surface area contributed by atoms with E-state index in [4.69, 9.17) is 0 Å². The van der Waals surface area contributed by atoms with E-state index >= 15 is 0 Å². The number of para-hydroxylation sites is 1. The quantitative estimate of drug-likeness (QED) is 0.435. The molecule has 1 heteroatoms. The van der Waals surface area contributed by atoms with Crippen molar-refractivity contribution in [3.05, 3.63) is 125 Å². The highest BCUT2D eigenvalue weighted by Gasteiger charge is 2.46. The highest BCUT2D eigenvalue weighted by molar-refractivity contribution is 5.86. The summed E-state index contributed by atoms with van der Waals surface area (Å²) in [6, 6.07) is 35.3. The summed E-state index contributed by atoms with van der Waals surface area (Å²) >= 11 is 0. The molecule has 124 valence electrons. The Labute approximate surface area is 153 Å². The van der Waals surface area contributed by atoms with E-state index in [9.17, 15) is 5.11 Å². The fraction of sp³-hybridized carbons (Fsp3) is 0.0400. The third-order valence-corrected chi connectivity index (χ3v) is 5.47. The Morgan fingerprint density at radius 2 is 0.923 bits per heavy atom. The molecule has 0 fully saturated rings. The first-order chi connectivity index (χ1) is 12.8. The van der Waals surface area contributed by atoms with Crippen LogP contribution in [-0.4, -0.2) is 5.11 Å². The minimum Gasteiger partial charge on any atom is -0.508 e. The Hall–Kier alpha value is -3.32. The van der Waals surface area contributed by atoms with E-state index in [1.165, 1.54) is 27.8 Å². The van der Waals surface area contributed by atoms with Gasteiger partial charge in [-0.25, -0.2) is 0 Å². The number of rotatable bonds is 2. The predicted octanol–water partition coefficient (Wildman–Crippen LogP) is 5.76. The molecule has 1 nitrogen and oxygen atoms in total. The summed E-state index contributed by atoms with van der Waals surface area (Å²) in [4.78, 5) is 0. The van der Waals surface area contributed by atoms with E-state index in [0.717, 1.165) is 5.56 Å². The number of benzene rings is 4. The maximum Gasteiger partial charge on any atom is 0.120 e. The summed E-state index contributed by atoms with van der Waals surface area (Å²) in [5.41, 5.74) is 6.47. The van der Waals surface area contributed by atoms with Gasteiger partial charge in [0.1, 0.15) is 5.75 Å².